The number of hydrogen-bond acceptors (Lipinski definition) is 5. The highest BCUT2D eigenvalue weighted by Crippen LogP contribution is 2.43. The van der Waals surface area contributed by atoms with Gasteiger partial charge in [-0.25, -0.2) is 9.97 Å². The topological polar surface area (TPSA) is 64.5 Å². The fourth-order valence-electron chi connectivity index (χ4n) is 13.5. The predicted molar refractivity (Wildman–Crippen MR) is 392 cm³/mol. The second-order valence-electron chi connectivity index (χ2n) is 24.1. The van der Waals surface area contributed by atoms with Gasteiger partial charge in [-0.1, -0.05) is 265 Å². The van der Waals surface area contributed by atoms with Crippen molar-refractivity contribution in [2.24, 2.45) is 0 Å². The number of hydrogen-bond donors (Lipinski definition) is 0. The molecule has 15 rings (SSSR count). The van der Waals surface area contributed by atoms with Gasteiger partial charge < -0.3 is 0 Å². The van der Waals surface area contributed by atoms with E-state index in [-0.39, 0.29) is 6.71 Å². The van der Waals surface area contributed by atoms with E-state index in [1.807, 2.05) is 42.9 Å². The molecule has 0 aliphatic carbocycles. The number of nitrogens with zero attached hydrogens (tertiary/aromatic N) is 5. The average molecular weight is 1200 g/mol. The van der Waals surface area contributed by atoms with E-state index in [4.69, 9.17) is 15.0 Å². The summed E-state index contributed by atoms with van der Waals surface area (Å²) in [6.45, 7) is 6.31. The molecule has 0 aliphatic heterocycles. The van der Waals surface area contributed by atoms with Crippen LogP contribution in [0.25, 0.3) is 134 Å². The molecular weight excluding hydrogens is 1140 g/mol. The van der Waals surface area contributed by atoms with E-state index >= 15 is 0 Å². The maximum absolute atomic E-state index is 5.52. The molecule has 0 radical (unpaired) electrons. The van der Waals surface area contributed by atoms with Gasteiger partial charge in [0, 0.05) is 52.0 Å². The van der Waals surface area contributed by atoms with Gasteiger partial charge in [-0.2, -0.15) is 0 Å². The second-order valence-corrected chi connectivity index (χ2v) is 24.1. The molecule has 0 N–H and O–H groups in total. The van der Waals surface area contributed by atoms with Gasteiger partial charge in [-0.3, -0.25) is 15.0 Å². The van der Waals surface area contributed by atoms with E-state index < -0.39 is 0 Å². The van der Waals surface area contributed by atoms with Crippen LogP contribution in [0.4, 0.5) is 0 Å². The summed E-state index contributed by atoms with van der Waals surface area (Å²) in [5.74, 6) is 0.652. The quantitative estimate of drug-likeness (QED) is 0.0957. The molecular formula is C88H64BN5. The Balaban J connectivity index is 0.791. The van der Waals surface area contributed by atoms with Crippen molar-refractivity contribution in [3.8, 4) is 134 Å². The number of aromatic nitrogens is 5. The van der Waals surface area contributed by atoms with Gasteiger partial charge in [0.05, 0.1) is 17.1 Å². The summed E-state index contributed by atoms with van der Waals surface area (Å²) in [7, 11) is 0. The highest BCUT2D eigenvalue weighted by atomic mass is 14.9. The Morgan fingerprint density at radius 1 is 0.223 bits per heavy atom. The molecule has 0 bridgehead atoms. The molecule has 4 heterocycles. The van der Waals surface area contributed by atoms with E-state index in [1.165, 1.54) is 33.3 Å². The van der Waals surface area contributed by atoms with Crippen molar-refractivity contribution < 1.29 is 0 Å². The van der Waals surface area contributed by atoms with Crippen molar-refractivity contribution in [2.75, 3.05) is 0 Å². The Morgan fingerprint density at radius 2 is 0.585 bits per heavy atom. The fourth-order valence-corrected chi connectivity index (χ4v) is 13.5. The second kappa shape index (κ2) is 26.1. The van der Waals surface area contributed by atoms with Gasteiger partial charge in [0.1, 0.15) is 0 Å². The lowest BCUT2D eigenvalue weighted by atomic mass is 9.38. The van der Waals surface area contributed by atoms with Crippen molar-refractivity contribution in [1.29, 1.82) is 0 Å². The molecule has 0 aliphatic rings. The highest BCUT2D eigenvalue weighted by Gasteiger charge is 2.30. The van der Waals surface area contributed by atoms with Crippen LogP contribution in [-0.2, 0) is 0 Å². The molecule has 0 spiro atoms. The van der Waals surface area contributed by atoms with Crippen LogP contribution in [0, 0.1) is 20.8 Å². The first-order valence-corrected chi connectivity index (χ1v) is 32.0. The van der Waals surface area contributed by atoms with Gasteiger partial charge in [0.15, 0.2) is 5.82 Å². The fraction of sp³-hybridized carbons (Fsp3) is 0.0341. The van der Waals surface area contributed by atoms with Crippen molar-refractivity contribution in [2.45, 2.75) is 20.8 Å². The number of benzene rings is 11. The third-order valence-corrected chi connectivity index (χ3v) is 17.9. The van der Waals surface area contributed by atoms with Gasteiger partial charge >= 0.3 is 0 Å². The molecule has 0 atom stereocenters. The summed E-state index contributed by atoms with van der Waals surface area (Å²) < 4.78 is 0. The monoisotopic (exact) mass is 1200 g/mol. The summed E-state index contributed by atoms with van der Waals surface area (Å²) in [5, 5.41) is 0. The molecule has 4 aromatic heterocycles. The van der Waals surface area contributed by atoms with Crippen molar-refractivity contribution in [3.05, 3.63) is 351 Å². The summed E-state index contributed by atoms with van der Waals surface area (Å²) in [5.41, 5.74) is 31.7. The Bertz CT molecular complexity index is 5040. The minimum absolute atomic E-state index is 0.269. The first-order valence-electron chi connectivity index (χ1n) is 32.0. The normalized spacial score (nSPS) is 11.1. The van der Waals surface area contributed by atoms with E-state index in [1.54, 1.807) is 0 Å². The molecule has 94 heavy (non-hydrogen) atoms. The van der Waals surface area contributed by atoms with Crippen LogP contribution >= 0.6 is 0 Å². The lowest BCUT2D eigenvalue weighted by Gasteiger charge is -2.20. The zero-order chi connectivity index (χ0) is 63.3. The van der Waals surface area contributed by atoms with Crippen molar-refractivity contribution in [3.63, 3.8) is 0 Å². The molecule has 6 heteroatoms. The summed E-state index contributed by atoms with van der Waals surface area (Å²) in [6.07, 6.45) is 5.59. The van der Waals surface area contributed by atoms with Crippen LogP contribution < -0.4 is 16.6 Å². The van der Waals surface area contributed by atoms with Gasteiger partial charge in [-0.05, 0) is 183 Å². The SMILES string of the molecule is Cc1cc(C)c(B(c2cccc(-c3cccc(-c4cccc(-c5ccccc5)c4)c3)n2)c2ccnc(-c3ccc(-c4ccccc4-c4cc(-c5ccccc5-c5ccc(-c6ccccn6)cc5)cc(-c5ccccc5-c5ccc(-c6ccccn6)cc5)c4)cc3)n2)c(C)c1. The number of pyridine rings is 3. The zero-order valence-corrected chi connectivity index (χ0v) is 52.6. The van der Waals surface area contributed by atoms with Crippen LogP contribution in [0.1, 0.15) is 16.7 Å². The molecule has 0 unspecified atom stereocenters. The van der Waals surface area contributed by atoms with Gasteiger partial charge in [0.25, 0.3) is 6.71 Å². The predicted octanol–water partition coefficient (Wildman–Crippen LogP) is 20.1. The largest absolute Gasteiger partial charge is 0.289 e. The molecule has 5 nitrogen and oxygen atoms in total. The molecule has 0 saturated carbocycles. The van der Waals surface area contributed by atoms with Crippen molar-refractivity contribution in [1.82, 2.24) is 24.9 Å². The van der Waals surface area contributed by atoms with Gasteiger partial charge in [0.2, 0.25) is 0 Å². The molecule has 444 valence electrons. The minimum atomic E-state index is -0.269. The molecule has 15 aromatic rings. The Labute approximate surface area is 550 Å². The Kier molecular flexibility index (Phi) is 16.2. The van der Waals surface area contributed by atoms with E-state index in [9.17, 15) is 0 Å². The van der Waals surface area contributed by atoms with E-state index in [2.05, 4.69) is 322 Å². The van der Waals surface area contributed by atoms with Gasteiger partial charge in [-0.15, -0.1) is 0 Å². The van der Waals surface area contributed by atoms with Crippen LogP contribution in [0.3, 0.4) is 0 Å². The summed E-state index contributed by atoms with van der Waals surface area (Å²) in [4.78, 5) is 25.2. The first kappa shape index (κ1) is 58.4. The van der Waals surface area contributed by atoms with Crippen LogP contribution in [0.15, 0.2) is 334 Å². The maximum Gasteiger partial charge on any atom is 0.289 e. The number of aryl methyl sites for hydroxylation is 3. The molecule has 11 aromatic carbocycles. The highest BCUT2D eigenvalue weighted by molar-refractivity contribution is 6.95. The average Bonchev–Trinajstić information content (AvgIpc) is 0.788. The van der Waals surface area contributed by atoms with E-state index in [0.717, 1.165) is 128 Å². The maximum atomic E-state index is 5.52. The molecule has 0 amide bonds. The van der Waals surface area contributed by atoms with Crippen molar-refractivity contribution >= 4 is 23.4 Å². The summed E-state index contributed by atoms with van der Waals surface area (Å²) >= 11 is 0. The lowest BCUT2D eigenvalue weighted by Crippen LogP contribution is -2.56. The number of rotatable bonds is 15. The lowest BCUT2D eigenvalue weighted by molar-refractivity contribution is 1.20. The smallest absolute Gasteiger partial charge is 0.262 e. The first-order chi connectivity index (χ1) is 46.3. The third kappa shape index (κ3) is 12.1. The Morgan fingerprint density at radius 3 is 1.06 bits per heavy atom. The van der Waals surface area contributed by atoms with E-state index in [0.29, 0.717) is 5.82 Å². The summed E-state index contributed by atoms with van der Waals surface area (Å²) in [6, 6.07) is 113. The third-order valence-electron chi connectivity index (χ3n) is 17.9. The van der Waals surface area contributed by atoms with Crippen LogP contribution in [0.2, 0.25) is 0 Å². The minimum Gasteiger partial charge on any atom is -0.262 e. The van der Waals surface area contributed by atoms with Crippen LogP contribution in [-0.4, -0.2) is 31.6 Å². The Hall–Kier alpha value is -12.0. The standard InChI is InChI=1S/C88H64BN5/c1-59-52-60(2)87(61(3)53-59)89(85-35-19-34-84(93-85)72-25-18-24-71(55-72)70-23-17-22-69(54-70)62-20-5-4-6-21-62)86-48-51-92-88(94-86)68-46-40-65(41-47-68)78-28-9-12-31-81(78)75-57-73(79-29-10-7-26-76(79)63-36-42-66(43-37-63)82-32-13-15-49-90-82)56-74(58-75)80-30-11-8-27-77(80)64-38-44-67(45-39-64)83-33-14-16-50-91-83/h4-58H,1-3H3. The zero-order valence-electron chi connectivity index (χ0n) is 52.6. The van der Waals surface area contributed by atoms with Crippen LogP contribution in [0.5, 0.6) is 0 Å². The molecule has 0 fully saturated rings. The molecule has 0 saturated heterocycles.